The molecule has 9 heteroatoms. The zero-order valence-electron chi connectivity index (χ0n) is 18.6. The van der Waals surface area contributed by atoms with E-state index in [2.05, 4.69) is 66.2 Å². The first-order valence-electron chi connectivity index (χ1n) is 10.7. The first-order valence-corrected chi connectivity index (χ1v) is 13.7. The molecule has 0 radical (unpaired) electrons. The van der Waals surface area contributed by atoms with Gasteiger partial charge in [-0.2, -0.15) is 9.78 Å². The summed E-state index contributed by atoms with van der Waals surface area (Å²) < 4.78 is 16.2. The fourth-order valence-electron chi connectivity index (χ4n) is 3.64. The Bertz CT molecular complexity index is 1650. The Morgan fingerprint density at radius 1 is 1.09 bits per heavy atom. The van der Waals surface area contributed by atoms with Crippen molar-refractivity contribution in [2.75, 3.05) is 0 Å². The lowest BCUT2D eigenvalue weighted by atomic mass is 10.2. The lowest BCUT2D eigenvalue weighted by Gasteiger charge is -2.14. The van der Waals surface area contributed by atoms with E-state index in [-0.39, 0.29) is 11.7 Å². The summed E-state index contributed by atoms with van der Waals surface area (Å²) in [4.78, 5) is 18.2. The molecule has 2 aromatic heterocycles. The molecule has 3 aromatic carbocycles. The van der Waals surface area contributed by atoms with Crippen LogP contribution in [0.4, 0.5) is 0 Å². The summed E-state index contributed by atoms with van der Waals surface area (Å²) in [5.41, 5.74) is 1.85. The molecule has 6 nitrogen and oxygen atoms in total. The van der Waals surface area contributed by atoms with E-state index < -0.39 is 0 Å². The standard InChI is InChI=1S/C26H18BrI2N3O3/c1-14(2)34-24-19(28)9-15(10-20(24)29)13-30-32-25(31-21-6-4-3-5-18(21)26(32)33)23-12-16-11-17(27)7-8-22(16)35-23/h3-14H,1-2H3. The molecular formula is C26H18BrI2N3O3. The highest BCUT2D eigenvalue weighted by atomic mass is 127. The minimum Gasteiger partial charge on any atom is -0.489 e. The number of furan rings is 1. The number of hydrogen-bond donors (Lipinski definition) is 0. The van der Waals surface area contributed by atoms with Crippen molar-refractivity contribution in [1.29, 1.82) is 0 Å². The first-order chi connectivity index (χ1) is 16.8. The minimum absolute atomic E-state index is 0.0748. The second-order valence-electron chi connectivity index (χ2n) is 8.09. The summed E-state index contributed by atoms with van der Waals surface area (Å²) in [5.74, 6) is 1.64. The molecule has 2 heterocycles. The van der Waals surface area contributed by atoms with Gasteiger partial charge in [0.2, 0.25) is 5.82 Å². The van der Waals surface area contributed by atoms with Gasteiger partial charge in [-0.3, -0.25) is 4.79 Å². The Morgan fingerprint density at radius 2 is 1.83 bits per heavy atom. The van der Waals surface area contributed by atoms with Crippen molar-refractivity contribution in [2.45, 2.75) is 20.0 Å². The molecule has 5 aromatic rings. The van der Waals surface area contributed by atoms with Gasteiger partial charge in [0.1, 0.15) is 11.3 Å². The van der Waals surface area contributed by atoms with Gasteiger partial charge in [-0.1, -0.05) is 28.1 Å². The van der Waals surface area contributed by atoms with Crippen molar-refractivity contribution in [3.8, 4) is 17.3 Å². The fourth-order valence-corrected chi connectivity index (χ4v) is 6.09. The quantitative estimate of drug-likeness (QED) is 0.138. The molecule has 0 spiro atoms. The predicted molar refractivity (Wildman–Crippen MR) is 160 cm³/mol. The highest BCUT2D eigenvalue weighted by Crippen LogP contribution is 2.31. The van der Waals surface area contributed by atoms with Crippen LogP contribution in [0.1, 0.15) is 19.4 Å². The maximum Gasteiger partial charge on any atom is 0.282 e. The Hall–Kier alpha value is -2.25. The number of rotatable bonds is 5. The minimum atomic E-state index is -0.271. The molecule has 0 aliphatic rings. The number of fused-ring (bicyclic) bond motifs is 2. The average Bonchev–Trinajstić information content (AvgIpc) is 3.23. The topological polar surface area (TPSA) is 69.6 Å². The van der Waals surface area contributed by atoms with E-state index in [9.17, 15) is 4.79 Å². The van der Waals surface area contributed by atoms with Crippen molar-refractivity contribution >= 4 is 89.2 Å². The Balaban J connectivity index is 1.66. The van der Waals surface area contributed by atoms with E-state index >= 15 is 0 Å². The second-order valence-corrected chi connectivity index (χ2v) is 11.3. The fraction of sp³-hybridized carbons (Fsp3) is 0.115. The molecule has 0 N–H and O–H groups in total. The number of ether oxygens (including phenoxy) is 1. The van der Waals surface area contributed by atoms with Gasteiger partial charge < -0.3 is 9.15 Å². The molecule has 0 saturated carbocycles. The first kappa shape index (κ1) is 24.4. The van der Waals surface area contributed by atoms with Crippen LogP contribution in [0.5, 0.6) is 5.75 Å². The summed E-state index contributed by atoms with van der Waals surface area (Å²) in [7, 11) is 0. The van der Waals surface area contributed by atoms with E-state index in [1.165, 1.54) is 4.68 Å². The van der Waals surface area contributed by atoms with Gasteiger partial charge in [0.05, 0.1) is 30.4 Å². The molecule has 35 heavy (non-hydrogen) atoms. The number of hydrogen-bond acceptors (Lipinski definition) is 5. The molecule has 0 atom stereocenters. The number of nitrogens with zero attached hydrogens (tertiary/aromatic N) is 3. The van der Waals surface area contributed by atoms with Crippen LogP contribution >= 0.6 is 61.1 Å². The van der Waals surface area contributed by atoms with E-state index in [4.69, 9.17) is 14.1 Å². The summed E-state index contributed by atoms with van der Waals surface area (Å²) in [6.45, 7) is 4.00. The van der Waals surface area contributed by atoms with E-state index in [0.717, 1.165) is 28.3 Å². The van der Waals surface area contributed by atoms with E-state index in [0.29, 0.717) is 28.1 Å². The molecule has 0 saturated heterocycles. The normalized spacial score (nSPS) is 11.8. The van der Waals surface area contributed by atoms with Crippen molar-refractivity contribution in [3.05, 3.63) is 88.2 Å². The van der Waals surface area contributed by atoms with Crippen LogP contribution in [-0.2, 0) is 0 Å². The molecule has 0 bridgehead atoms. The molecule has 5 rings (SSSR count). The summed E-state index contributed by atoms with van der Waals surface area (Å²) >= 11 is 8.00. The molecule has 0 amide bonds. The van der Waals surface area contributed by atoms with Gasteiger partial charge in [0, 0.05) is 9.86 Å². The molecule has 0 unspecified atom stereocenters. The van der Waals surface area contributed by atoms with Gasteiger partial charge in [0.25, 0.3) is 5.56 Å². The second kappa shape index (κ2) is 10.0. The smallest absolute Gasteiger partial charge is 0.282 e. The monoisotopic (exact) mass is 753 g/mol. The van der Waals surface area contributed by atoms with Crippen molar-refractivity contribution in [3.63, 3.8) is 0 Å². The van der Waals surface area contributed by atoms with Crippen molar-refractivity contribution in [1.82, 2.24) is 9.66 Å². The molecular weight excluding hydrogens is 736 g/mol. The summed E-state index contributed by atoms with van der Waals surface area (Å²) in [6.07, 6.45) is 1.73. The third-order valence-electron chi connectivity index (χ3n) is 5.15. The maximum atomic E-state index is 13.5. The molecule has 0 aliphatic carbocycles. The van der Waals surface area contributed by atoms with Crippen LogP contribution < -0.4 is 10.3 Å². The van der Waals surface area contributed by atoms with Crippen LogP contribution in [0.2, 0.25) is 0 Å². The Morgan fingerprint density at radius 3 is 2.57 bits per heavy atom. The SMILES string of the molecule is CC(C)Oc1c(I)cc(C=Nn2c(-c3cc4cc(Br)ccc4o3)nc3ccccc3c2=O)cc1I. The van der Waals surface area contributed by atoms with Crippen LogP contribution in [0.15, 0.2) is 79.4 Å². The number of para-hydroxylation sites is 1. The Labute approximate surface area is 236 Å². The van der Waals surface area contributed by atoms with Crippen LogP contribution in [0, 0.1) is 7.14 Å². The lowest BCUT2D eigenvalue weighted by Crippen LogP contribution is -2.20. The zero-order chi connectivity index (χ0) is 24.7. The van der Waals surface area contributed by atoms with Gasteiger partial charge in [-0.15, -0.1) is 0 Å². The third-order valence-corrected chi connectivity index (χ3v) is 7.24. The maximum absolute atomic E-state index is 13.5. The van der Waals surface area contributed by atoms with E-state index in [1.54, 1.807) is 12.3 Å². The third kappa shape index (κ3) is 5.03. The number of halogens is 3. The Kier molecular flexibility index (Phi) is 6.99. The van der Waals surface area contributed by atoms with Gasteiger partial charge >= 0.3 is 0 Å². The molecule has 176 valence electrons. The van der Waals surface area contributed by atoms with Crippen LogP contribution in [0.3, 0.4) is 0 Å². The van der Waals surface area contributed by atoms with Gasteiger partial charge in [-0.25, -0.2) is 4.98 Å². The molecule has 0 aliphatic heterocycles. The van der Waals surface area contributed by atoms with Crippen molar-refractivity contribution in [2.24, 2.45) is 5.10 Å². The highest BCUT2D eigenvalue weighted by Gasteiger charge is 2.17. The summed E-state index contributed by atoms with van der Waals surface area (Å²) in [5, 5.41) is 5.95. The van der Waals surface area contributed by atoms with Crippen LogP contribution in [0.25, 0.3) is 33.5 Å². The predicted octanol–water partition coefficient (Wildman–Crippen LogP) is 7.45. The number of benzene rings is 3. The average molecular weight is 754 g/mol. The van der Waals surface area contributed by atoms with Gasteiger partial charge in [-0.05, 0) is 113 Å². The van der Waals surface area contributed by atoms with Crippen molar-refractivity contribution < 1.29 is 9.15 Å². The largest absolute Gasteiger partial charge is 0.489 e. The highest BCUT2D eigenvalue weighted by molar-refractivity contribution is 14.1. The van der Waals surface area contributed by atoms with Crippen LogP contribution in [-0.4, -0.2) is 22.0 Å². The van der Waals surface area contributed by atoms with Gasteiger partial charge in [0.15, 0.2) is 5.76 Å². The lowest BCUT2D eigenvalue weighted by molar-refractivity contribution is 0.239. The molecule has 0 fully saturated rings. The summed E-state index contributed by atoms with van der Waals surface area (Å²) in [6, 6.07) is 18.8. The zero-order valence-corrected chi connectivity index (χ0v) is 24.5. The van der Waals surface area contributed by atoms with E-state index in [1.807, 2.05) is 68.4 Å². The number of aromatic nitrogens is 2.